The number of hydrogen-bond donors (Lipinski definition) is 2. The van der Waals surface area contributed by atoms with E-state index in [-0.39, 0.29) is 0 Å². The van der Waals surface area contributed by atoms with Gasteiger partial charge in [0.1, 0.15) is 0 Å². The van der Waals surface area contributed by atoms with E-state index in [1.165, 1.54) is 0 Å². The summed E-state index contributed by atoms with van der Waals surface area (Å²) in [4.78, 5) is 0. The molecule has 0 rings (SSSR count). The average molecular weight is 215 g/mol. The van der Waals surface area contributed by atoms with Crippen molar-refractivity contribution in [2.75, 3.05) is 0 Å². The quantitative estimate of drug-likeness (QED) is 0.414. The maximum atomic E-state index is 11.9. The monoisotopic (exact) mass is 214 g/mol. The first kappa shape index (κ1) is 11.2. The number of halogens is 6. The largest absolute Gasteiger partial charge is 0.359 e. The molecule has 0 aliphatic heterocycles. The molecule has 0 radical (unpaired) electrons. The van der Waals surface area contributed by atoms with Gasteiger partial charge in [0, 0.05) is 0 Å². The molecule has 4 N–H and O–H groups in total. The van der Waals surface area contributed by atoms with Crippen molar-refractivity contribution in [2.45, 2.75) is 16.4 Å². The van der Waals surface area contributed by atoms with E-state index in [9.17, 15) is 17.6 Å². The molecule has 0 saturated carbocycles. The van der Waals surface area contributed by atoms with Gasteiger partial charge in [0.05, 0.1) is 0 Å². The highest BCUT2D eigenvalue weighted by atomic mass is 35.5. The van der Waals surface area contributed by atoms with E-state index >= 15 is 0 Å². The summed E-state index contributed by atoms with van der Waals surface area (Å²) in [5, 5.41) is -8.95. The maximum Gasteiger partial charge on any atom is 0.359 e. The van der Waals surface area contributed by atoms with E-state index in [4.69, 9.17) is 0 Å². The van der Waals surface area contributed by atoms with E-state index in [0.29, 0.717) is 0 Å². The molecule has 0 aromatic heterocycles. The molecule has 68 valence electrons. The van der Waals surface area contributed by atoms with Gasteiger partial charge in [-0.15, -0.1) is 0 Å². The second-order valence-corrected chi connectivity index (χ2v) is 2.81. The van der Waals surface area contributed by atoms with Gasteiger partial charge in [-0.1, -0.05) is 0 Å². The van der Waals surface area contributed by atoms with Crippen molar-refractivity contribution in [1.29, 1.82) is 0 Å². The molecular formula is C3H4Cl2F4N2. The van der Waals surface area contributed by atoms with Crippen molar-refractivity contribution in [3.63, 3.8) is 0 Å². The first-order valence-corrected chi connectivity index (χ1v) is 2.97. The third-order valence-electron chi connectivity index (χ3n) is 0.938. The van der Waals surface area contributed by atoms with Gasteiger partial charge in [-0.2, -0.15) is 17.6 Å². The molecule has 0 fully saturated rings. The molecule has 0 unspecified atom stereocenters. The fraction of sp³-hybridized carbons (Fsp3) is 1.00. The predicted molar refractivity (Wildman–Crippen MR) is 32.7 cm³/mol. The van der Waals surface area contributed by atoms with Crippen LogP contribution in [0.1, 0.15) is 0 Å². The number of rotatable bonds is 2. The van der Waals surface area contributed by atoms with Gasteiger partial charge >= 0.3 is 10.8 Å². The molecule has 11 heavy (non-hydrogen) atoms. The minimum absolute atomic E-state index is 3.76. The van der Waals surface area contributed by atoms with E-state index in [1.807, 2.05) is 0 Å². The summed E-state index contributed by atoms with van der Waals surface area (Å²) in [6.45, 7) is 0. The van der Waals surface area contributed by atoms with Crippen LogP contribution < -0.4 is 11.5 Å². The van der Waals surface area contributed by atoms with Crippen LogP contribution in [0.3, 0.4) is 0 Å². The lowest BCUT2D eigenvalue weighted by molar-refractivity contribution is -0.0985. The third kappa shape index (κ3) is 2.08. The molecule has 0 bridgehead atoms. The zero-order valence-corrected chi connectivity index (χ0v) is 6.43. The number of hydrogen-bond acceptors (Lipinski definition) is 2. The molecular weight excluding hydrogens is 211 g/mol. The molecule has 0 aliphatic rings. The van der Waals surface area contributed by atoms with Gasteiger partial charge in [-0.25, -0.2) is 0 Å². The summed E-state index contributed by atoms with van der Waals surface area (Å²) >= 11 is 8.32. The Hall–Kier alpha value is 0.220. The van der Waals surface area contributed by atoms with Crippen LogP contribution in [0.25, 0.3) is 0 Å². The highest BCUT2D eigenvalue weighted by molar-refractivity contribution is 6.26. The molecule has 8 heteroatoms. The standard InChI is InChI=1S/C3H4Cl2F4N2/c4-2(6,7)1(10,11)3(5,8)9/h10-11H2. The second kappa shape index (κ2) is 2.62. The number of nitrogens with two attached hydrogens (primary N) is 2. The molecule has 0 saturated heterocycles. The van der Waals surface area contributed by atoms with Gasteiger partial charge in [0.2, 0.25) is 5.66 Å². The Labute approximate surface area is 69.4 Å². The molecule has 0 aromatic carbocycles. The maximum absolute atomic E-state index is 11.9. The lowest BCUT2D eigenvalue weighted by Gasteiger charge is -2.31. The first-order chi connectivity index (χ1) is 4.50. The molecule has 0 spiro atoms. The molecule has 0 heterocycles. The summed E-state index contributed by atoms with van der Waals surface area (Å²) < 4.78 is 47.8. The van der Waals surface area contributed by atoms with E-state index in [0.717, 1.165) is 0 Å². The average Bonchev–Trinajstić information content (AvgIpc) is 1.58. The summed E-state index contributed by atoms with van der Waals surface area (Å²) in [5.41, 5.74) is 4.81. The van der Waals surface area contributed by atoms with Crippen LogP contribution >= 0.6 is 23.2 Å². The van der Waals surface area contributed by atoms with Crippen molar-refractivity contribution in [1.82, 2.24) is 0 Å². The van der Waals surface area contributed by atoms with Crippen LogP contribution in [0.4, 0.5) is 17.6 Å². The second-order valence-electron chi connectivity index (χ2n) is 1.86. The summed E-state index contributed by atoms with van der Waals surface area (Å²) in [6, 6.07) is 0. The summed E-state index contributed by atoms with van der Waals surface area (Å²) in [5.74, 6) is 0. The highest BCUT2D eigenvalue weighted by Gasteiger charge is 2.62. The third-order valence-corrected chi connectivity index (χ3v) is 1.56. The molecule has 0 atom stereocenters. The van der Waals surface area contributed by atoms with E-state index < -0.39 is 16.4 Å². The molecule has 0 aromatic rings. The SMILES string of the molecule is NC(N)(C(F)(F)Cl)C(F)(F)Cl. The van der Waals surface area contributed by atoms with Crippen LogP contribution in [0.2, 0.25) is 0 Å². The topological polar surface area (TPSA) is 52.0 Å². The van der Waals surface area contributed by atoms with Crippen LogP contribution in [0, 0.1) is 0 Å². The van der Waals surface area contributed by atoms with Crippen molar-refractivity contribution in [3.05, 3.63) is 0 Å². The number of alkyl halides is 6. The summed E-state index contributed by atoms with van der Waals surface area (Å²) in [6.07, 6.45) is 0. The van der Waals surface area contributed by atoms with Gasteiger partial charge in [-0.3, -0.25) is 0 Å². The lowest BCUT2D eigenvalue weighted by atomic mass is 10.2. The molecule has 2 nitrogen and oxygen atoms in total. The zero-order chi connectivity index (χ0) is 9.50. The first-order valence-electron chi connectivity index (χ1n) is 2.21. The van der Waals surface area contributed by atoms with Crippen LogP contribution in [0.5, 0.6) is 0 Å². The van der Waals surface area contributed by atoms with Crippen molar-refractivity contribution >= 4 is 23.2 Å². The van der Waals surface area contributed by atoms with Crippen molar-refractivity contribution in [2.24, 2.45) is 11.5 Å². The minimum atomic E-state index is -4.47. The fourth-order valence-corrected chi connectivity index (χ4v) is 0.446. The van der Waals surface area contributed by atoms with Gasteiger partial charge < -0.3 is 11.5 Å². The van der Waals surface area contributed by atoms with Gasteiger partial charge in [0.25, 0.3) is 0 Å². The van der Waals surface area contributed by atoms with Gasteiger partial charge in [0.15, 0.2) is 0 Å². The smallest absolute Gasteiger partial charge is 0.301 e. The Morgan fingerprint density at radius 1 is 0.818 bits per heavy atom. The Morgan fingerprint density at radius 2 is 1.00 bits per heavy atom. The van der Waals surface area contributed by atoms with Crippen LogP contribution in [-0.4, -0.2) is 16.4 Å². The lowest BCUT2D eigenvalue weighted by Crippen LogP contribution is -2.69. The van der Waals surface area contributed by atoms with Crippen LogP contribution in [0.15, 0.2) is 0 Å². The summed E-state index contributed by atoms with van der Waals surface area (Å²) in [7, 11) is 0. The zero-order valence-electron chi connectivity index (χ0n) is 4.92. The van der Waals surface area contributed by atoms with Crippen molar-refractivity contribution in [3.8, 4) is 0 Å². The minimum Gasteiger partial charge on any atom is -0.301 e. The van der Waals surface area contributed by atoms with Crippen molar-refractivity contribution < 1.29 is 17.6 Å². The molecule has 0 amide bonds. The Morgan fingerprint density at radius 3 is 1.00 bits per heavy atom. The Bertz CT molecular complexity index is 132. The van der Waals surface area contributed by atoms with E-state index in [1.54, 1.807) is 0 Å². The van der Waals surface area contributed by atoms with E-state index in [2.05, 4.69) is 34.7 Å². The predicted octanol–water partition coefficient (Wildman–Crippen LogP) is 1.26. The Kier molecular flexibility index (Phi) is 2.67. The van der Waals surface area contributed by atoms with Crippen LogP contribution in [-0.2, 0) is 0 Å². The molecule has 0 aliphatic carbocycles. The van der Waals surface area contributed by atoms with Gasteiger partial charge in [-0.05, 0) is 23.2 Å². The fourth-order valence-electron chi connectivity index (χ4n) is 0.161. The highest BCUT2D eigenvalue weighted by Crippen LogP contribution is 2.40. The normalized spacial score (nSPS) is 15.3. The Balaban J connectivity index is 4.75.